The van der Waals surface area contributed by atoms with Crippen molar-refractivity contribution in [3.05, 3.63) is 11.9 Å². The van der Waals surface area contributed by atoms with Crippen LogP contribution in [0.3, 0.4) is 0 Å². The molecule has 1 fully saturated rings. The molecular weight excluding hydrogens is 250 g/mol. The number of nitrogens with two attached hydrogens (primary N) is 1. The Morgan fingerprint density at radius 1 is 1.53 bits per heavy atom. The highest BCUT2D eigenvalue weighted by atomic mass is 16.2. The zero-order chi connectivity index (χ0) is 13.7. The number of carbonyl (C=O) groups is 2. The minimum absolute atomic E-state index is 0.0434. The molecule has 3 amide bonds. The predicted octanol–water partition coefficient (Wildman–Crippen LogP) is -2.12. The van der Waals surface area contributed by atoms with Crippen LogP contribution in [0.1, 0.15) is 5.69 Å². The molecule has 9 heteroatoms. The Morgan fingerprint density at radius 2 is 2.37 bits per heavy atom. The van der Waals surface area contributed by atoms with Crippen LogP contribution in [0.25, 0.3) is 0 Å². The summed E-state index contributed by atoms with van der Waals surface area (Å²) < 4.78 is 1.65. The van der Waals surface area contributed by atoms with Crippen LogP contribution in [0, 0.1) is 0 Å². The van der Waals surface area contributed by atoms with E-state index in [1.165, 1.54) is 0 Å². The average Bonchev–Trinajstić information content (AvgIpc) is 3.02. The molecule has 0 unspecified atom stereocenters. The van der Waals surface area contributed by atoms with Gasteiger partial charge in [0.25, 0.3) is 0 Å². The van der Waals surface area contributed by atoms with Gasteiger partial charge in [-0.15, -0.1) is 5.10 Å². The van der Waals surface area contributed by atoms with Crippen molar-refractivity contribution >= 4 is 11.9 Å². The van der Waals surface area contributed by atoms with E-state index in [1.807, 2.05) is 0 Å². The molecule has 1 saturated heterocycles. The predicted molar refractivity (Wildman–Crippen MR) is 65.9 cm³/mol. The molecule has 0 bridgehead atoms. The van der Waals surface area contributed by atoms with E-state index in [9.17, 15) is 9.59 Å². The minimum Gasteiger partial charge on any atom is -0.349 e. The molecule has 0 aliphatic carbocycles. The fraction of sp³-hybridized carbons (Fsp3) is 0.600. The van der Waals surface area contributed by atoms with Gasteiger partial charge in [-0.2, -0.15) is 0 Å². The summed E-state index contributed by atoms with van der Waals surface area (Å²) in [6.45, 7) is 2.83. The zero-order valence-corrected chi connectivity index (χ0v) is 10.5. The van der Waals surface area contributed by atoms with E-state index in [-0.39, 0.29) is 18.5 Å². The normalized spacial score (nSPS) is 14.6. The fourth-order valence-electron chi connectivity index (χ4n) is 1.74. The SMILES string of the molecule is NCC(=O)NCc1cn(CCN2CCNC2=O)nn1. The first-order valence-electron chi connectivity index (χ1n) is 6.07. The van der Waals surface area contributed by atoms with Crippen molar-refractivity contribution in [2.45, 2.75) is 13.1 Å². The lowest BCUT2D eigenvalue weighted by molar-refractivity contribution is -0.119. The van der Waals surface area contributed by atoms with Crippen molar-refractivity contribution < 1.29 is 9.59 Å². The number of urea groups is 1. The number of aromatic nitrogens is 3. The number of rotatable bonds is 6. The molecule has 0 saturated carbocycles. The molecule has 1 aliphatic rings. The van der Waals surface area contributed by atoms with Crippen molar-refractivity contribution in [2.75, 3.05) is 26.2 Å². The lowest BCUT2D eigenvalue weighted by Crippen LogP contribution is -2.31. The van der Waals surface area contributed by atoms with Gasteiger partial charge in [-0.3, -0.25) is 9.48 Å². The minimum atomic E-state index is -0.233. The highest BCUT2D eigenvalue weighted by Gasteiger charge is 2.18. The van der Waals surface area contributed by atoms with Crippen molar-refractivity contribution in [3.63, 3.8) is 0 Å². The van der Waals surface area contributed by atoms with Crippen molar-refractivity contribution in [2.24, 2.45) is 5.73 Å². The lowest BCUT2D eigenvalue weighted by atomic mass is 10.4. The molecule has 0 aromatic carbocycles. The Balaban J connectivity index is 1.77. The third-order valence-corrected chi connectivity index (χ3v) is 2.78. The summed E-state index contributed by atoms with van der Waals surface area (Å²) in [4.78, 5) is 24.0. The van der Waals surface area contributed by atoms with Gasteiger partial charge in [0.1, 0.15) is 5.69 Å². The average molecular weight is 267 g/mol. The van der Waals surface area contributed by atoms with Crippen LogP contribution in [-0.4, -0.2) is 58.0 Å². The van der Waals surface area contributed by atoms with Gasteiger partial charge in [0.15, 0.2) is 0 Å². The molecule has 0 spiro atoms. The molecule has 19 heavy (non-hydrogen) atoms. The maximum absolute atomic E-state index is 11.3. The molecule has 1 aromatic heterocycles. The zero-order valence-electron chi connectivity index (χ0n) is 10.5. The van der Waals surface area contributed by atoms with Crippen LogP contribution < -0.4 is 16.4 Å². The van der Waals surface area contributed by atoms with Crippen molar-refractivity contribution in [1.29, 1.82) is 0 Å². The van der Waals surface area contributed by atoms with Gasteiger partial charge >= 0.3 is 6.03 Å². The first kappa shape index (κ1) is 13.3. The Morgan fingerprint density at radius 3 is 3.05 bits per heavy atom. The lowest BCUT2D eigenvalue weighted by Gasteiger charge is -2.12. The van der Waals surface area contributed by atoms with Gasteiger partial charge in [-0.25, -0.2) is 4.79 Å². The number of nitrogens with zero attached hydrogens (tertiary/aromatic N) is 4. The smallest absolute Gasteiger partial charge is 0.317 e. The molecule has 104 valence electrons. The van der Waals surface area contributed by atoms with Crippen LogP contribution in [0.15, 0.2) is 6.20 Å². The van der Waals surface area contributed by atoms with Gasteiger partial charge in [-0.1, -0.05) is 5.21 Å². The number of hydrogen-bond acceptors (Lipinski definition) is 5. The molecule has 9 nitrogen and oxygen atoms in total. The van der Waals surface area contributed by atoms with E-state index in [2.05, 4.69) is 20.9 Å². The monoisotopic (exact) mass is 267 g/mol. The number of carbonyl (C=O) groups excluding carboxylic acids is 2. The summed E-state index contributed by atoms with van der Waals surface area (Å²) in [5.41, 5.74) is 5.84. The third-order valence-electron chi connectivity index (χ3n) is 2.78. The van der Waals surface area contributed by atoms with Crippen LogP contribution in [-0.2, 0) is 17.9 Å². The summed E-state index contributed by atoms with van der Waals surface area (Å²) in [5, 5.41) is 13.2. The highest BCUT2D eigenvalue weighted by Crippen LogP contribution is 1.98. The molecule has 1 aliphatic heterocycles. The van der Waals surface area contributed by atoms with Gasteiger partial charge in [0, 0.05) is 19.6 Å². The van der Waals surface area contributed by atoms with Gasteiger partial charge in [-0.05, 0) is 0 Å². The van der Waals surface area contributed by atoms with E-state index >= 15 is 0 Å². The van der Waals surface area contributed by atoms with Crippen molar-refractivity contribution in [3.8, 4) is 0 Å². The van der Waals surface area contributed by atoms with Gasteiger partial charge in [0.05, 0.1) is 25.8 Å². The summed E-state index contributed by atoms with van der Waals surface area (Å²) in [6.07, 6.45) is 1.74. The van der Waals surface area contributed by atoms with E-state index in [4.69, 9.17) is 5.73 Å². The molecule has 2 rings (SSSR count). The number of hydrogen-bond donors (Lipinski definition) is 3. The summed E-state index contributed by atoms with van der Waals surface area (Å²) >= 11 is 0. The maximum Gasteiger partial charge on any atom is 0.317 e. The van der Waals surface area contributed by atoms with Gasteiger partial charge in [0.2, 0.25) is 5.91 Å². The highest BCUT2D eigenvalue weighted by molar-refractivity contribution is 5.77. The Bertz CT molecular complexity index is 458. The topological polar surface area (TPSA) is 118 Å². The quantitative estimate of drug-likeness (QED) is 0.544. The van der Waals surface area contributed by atoms with Crippen LogP contribution in [0.2, 0.25) is 0 Å². The summed E-state index contributed by atoms with van der Waals surface area (Å²) in [7, 11) is 0. The molecule has 4 N–H and O–H groups in total. The fourth-order valence-corrected chi connectivity index (χ4v) is 1.74. The van der Waals surface area contributed by atoms with Crippen LogP contribution in [0.5, 0.6) is 0 Å². The first-order valence-corrected chi connectivity index (χ1v) is 6.07. The Kier molecular flexibility index (Phi) is 4.29. The van der Waals surface area contributed by atoms with Gasteiger partial charge < -0.3 is 21.3 Å². The van der Waals surface area contributed by atoms with Crippen molar-refractivity contribution in [1.82, 2.24) is 30.5 Å². The third kappa shape index (κ3) is 3.65. The largest absolute Gasteiger partial charge is 0.349 e. The molecule has 2 heterocycles. The van der Waals surface area contributed by atoms with E-state index in [0.717, 1.165) is 0 Å². The van der Waals surface area contributed by atoms with E-state index in [1.54, 1.807) is 15.8 Å². The number of amides is 3. The number of nitrogens with one attached hydrogen (secondary N) is 2. The van der Waals surface area contributed by atoms with E-state index in [0.29, 0.717) is 38.4 Å². The Hall–Kier alpha value is -2.16. The maximum atomic E-state index is 11.3. The van der Waals surface area contributed by atoms with Crippen LogP contribution >= 0.6 is 0 Å². The summed E-state index contributed by atoms with van der Waals surface area (Å²) in [6, 6.07) is -0.0458. The standard InChI is InChI=1S/C10H17N7O2/c11-5-9(18)13-6-8-7-17(15-14-8)4-3-16-2-1-12-10(16)19/h7H,1-6,11H2,(H,12,19)(H,13,18). The summed E-state index contributed by atoms with van der Waals surface area (Å²) in [5.74, 6) is -0.233. The molecule has 0 atom stereocenters. The van der Waals surface area contributed by atoms with E-state index < -0.39 is 0 Å². The second-order valence-electron chi connectivity index (χ2n) is 4.17. The second-order valence-corrected chi connectivity index (χ2v) is 4.17. The Labute approximate surface area is 110 Å². The first-order chi connectivity index (χ1) is 9.19. The van der Waals surface area contributed by atoms with Crippen LogP contribution in [0.4, 0.5) is 4.79 Å². The molecule has 1 aromatic rings. The molecular formula is C10H17N7O2. The second kappa shape index (κ2) is 6.14. The molecule has 0 radical (unpaired) electrons.